The van der Waals surface area contributed by atoms with Gasteiger partial charge in [-0.05, 0) is 25.0 Å². The zero-order valence-electron chi connectivity index (χ0n) is 11.3. The molecular weight excluding hydrogens is 242 g/mol. The second-order valence-corrected chi connectivity index (χ2v) is 4.94. The molecule has 2 rings (SSSR count). The summed E-state index contributed by atoms with van der Waals surface area (Å²) in [6, 6.07) is 3.52. The first kappa shape index (κ1) is 13.8. The molecule has 19 heavy (non-hydrogen) atoms. The maximum Gasteiger partial charge on any atom is 0.257 e. The topological polar surface area (TPSA) is 77.2 Å². The largest absolute Gasteiger partial charge is 0.480 e. The summed E-state index contributed by atoms with van der Waals surface area (Å²) >= 11 is 0. The van der Waals surface area contributed by atoms with Crippen molar-refractivity contribution in [3.63, 3.8) is 0 Å². The number of hydrogen-bond donors (Lipinski definition) is 2. The molecule has 1 saturated carbocycles. The van der Waals surface area contributed by atoms with Crippen LogP contribution >= 0.6 is 0 Å². The number of carbonyl (C=O) groups excluding carboxylic acids is 1. The van der Waals surface area contributed by atoms with Gasteiger partial charge in [-0.1, -0.05) is 19.3 Å². The van der Waals surface area contributed by atoms with Crippen LogP contribution in [0.3, 0.4) is 0 Å². The summed E-state index contributed by atoms with van der Waals surface area (Å²) in [4.78, 5) is 16.3. The molecule has 1 heterocycles. The molecule has 1 amide bonds. The Hall–Kier alpha value is -1.62. The molecule has 5 heteroatoms. The average Bonchev–Trinajstić information content (AvgIpc) is 2.64. The molecular formula is C14H21N3O2. The molecule has 1 aromatic rings. The Kier molecular flexibility index (Phi) is 4.74. The highest BCUT2D eigenvalue weighted by Crippen LogP contribution is 2.19. The van der Waals surface area contributed by atoms with Crippen LogP contribution in [0.1, 0.15) is 42.5 Å². The summed E-state index contributed by atoms with van der Waals surface area (Å²) in [7, 11) is 1.51. The highest BCUT2D eigenvalue weighted by Gasteiger charge is 2.23. The van der Waals surface area contributed by atoms with Crippen LogP contribution in [0.4, 0.5) is 0 Å². The summed E-state index contributed by atoms with van der Waals surface area (Å²) < 4.78 is 5.10. The highest BCUT2D eigenvalue weighted by atomic mass is 16.5. The molecule has 0 aromatic carbocycles. The van der Waals surface area contributed by atoms with Gasteiger partial charge in [0.05, 0.1) is 7.11 Å². The van der Waals surface area contributed by atoms with Crippen molar-refractivity contribution >= 4 is 5.91 Å². The Balaban J connectivity index is 2.07. The molecule has 1 fully saturated rings. The number of nitrogens with zero attached hydrogens (tertiary/aromatic N) is 1. The number of nitrogens with one attached hydrogen (secondary N) is 1. The van der Waals surface area contributed by atoms with Crippen molar-refractivity contribution in [2.75, 3.05) is 7.11 Å². The predicted molar refractivity (Wildman–Crippen MR) is 73.1 cm³/mol. The van der Waals surface area contributed by atoms with Gasteiger partial charge in [0.25, 0.3) is 5.91 Å². The van der Waals surface area contributed by atoms with E-state index in [0.717, 1.165) is 25.7 Å². The van der Waals surface area contributed by atoms with E-state index in [1.54, 1.807) is 18.3 Å². The normalized spacial score (nSPS) is 23.5. The molecule has 0 saturated heterocycles. The smallest absolute Gasteiger partial charge is 0.257 e. The Bertz CT molecular complexity index is 436. The first-order valence-electron chi connectivity index (χ1n) is 6.78. The molecule has 3 N–H and O–H groups in total. The van der Waals surface area contributed by atoms with E-state index in [1.165, 1.54) is 13.5 Å². The van der Waals surface area contributed by atoms with E-state index < -0.39 is 0 Å². The monoisotopic (exact) mass is 263 g/mol. The molecule has 0 bridgehead atoms. The van der Waals surface area contributed by atoms with Crippen LogP contribution in [-0.4, -0.2) is 30.1 Å². The number of nitrogens with two attached hydrogens (primary N) is 1. The molecule has 2 atom stereocenters. The van der Waals surface area contributed by atoms with E-state index in [-0.39, 0.29) is 18.0 Å². The molecule has 1 aliphatic carbocycles. The number of pyridine rings is 1. The van der Waals surface area contributed by atoms with Crippen LogP contribution in [0.25, 0.3) is 0 Å². The van der Waals surface area contributed by atoms with Crippen LogP contribution in [0.5, 0.6) is 5.88 Å². The first-order chi connectivity index (χ1) is 9.22. The Morgan fingerprint density at radius 1 is 1.42 bits per heavy atom. The number of aromatic nitrogens is 1. The van der Waals surface area contributed by atoms with Crippen molar-refractivity contribution in [3.8, 4) is 5.88 Å². The second kappa shape index (κ2) is 6.52. The van der Waals surface area contributed by atoms with Crippen LogP contribution in [0.2, 0.25) is 0 Å². The lowest BCUT2D eigenvalue weighted by molar-refractivity contribution is 0.0925. The third-order valence-corrected chi connectivity index (χ3v) is 3.60. The summed E-state index contributed by atoms with van der Waals surface area (Å²) in [5.41, 5.74) is 6.57. The van der Waals surface area contributed by atoms with Crippen molar-refractivity contribution in [2.24, 2.45) is 5.73 Å². The van der Waals surface area contributed by atoms with Gasteiger partial charge in [0.2, 0.25) is 5.88 Å². The van der Waals surface area contributed by atoms with Crippen LogP contribution in [0, 0.1) is 0 Å². The Morgan fingerprint density at radius 3 is 3.00 bits per heavy atom. The third kappa shape index (κ3) is 3.44. The van der Waals surface area contributed by atoms with E-state index in [2.05, 4.69) is 10.3 Å². The van der Waals surface area contributed by atoms with Gasteiger partial charge in [-0.15, -0.1) is 0 Å². The molecule has 1 aromatic heterocycles. The van der Waals surface area contributed by atoms with Crippen LogP contribution in [0.15, 0.2) is 18.3 Å². The first-order valence-corrected chi connectivity index (χ1v) is 6.78. The van der Waals surface area contributed by atoms with Gasteiger partial charge < -0.3 is 15.8 Å². The fourth-order valence-corrected chi connectivity index (χ4v) is 2.49. The van der Waals surface area contributed by atoms with E-state index in [1.807, 2.05) is 0 Å². The van der Waals surface area contributed by atoms with E-state index in [9.17, 15) is 4.79 Å². The van der Waals surface area contributed by atoms with Gasteiger partial charge in [0, 0.05) is 18.3 Å². The minimum absolute atomic E-state index is 0.0362. The molecule has 0 radical (unpaired) electrons. The van der Waals surface area contributed by atoms with Crippen LogP contribution in [-0.2, 0) is 0 Å². The summed E-state index contributed by atoms with van der Waals surface area (Å²) in [6.45, 7) is 0. The Labute approximate surface area is 113 Å². The van der Waals surface area contributed by atoms with Gasteiger partial charge in [0.1, 0.15) is 5.56 Å². The molecule has 0 spiro atoms. The van der Waals surface area contributed by atoms with Gasteiger partial charge in [-0.3, -0.25) is 4.79 Å². The SMILES string of the molecule is COc1ncccc1C(=O)NC1CCCCCC1N. The summed E-state index contributed by atoms with van der Waals surface area (Å²) in [5, 5.41) is 3.02. The van der Waals surface area contributed by atoms with E-state index in [0.29, 0.717) is 11.4 Å². The summed E-state index contributed by atoms with van der Waals surface area (Å²) in [6.07, 6.45) is 6.96. The molecule has 5 nitrogen and oxygen atoms in total. The number of amides is 1. The lowest BCUT2D eigenvalue weighted by atomic mass is 10.0. The number of methoxy groups -OCH3 is 1. The lowest BCUT2D eigenvalue weighted by Crippen LogP contribution is -2.47. The van der Waals surface area contributed by atoms with Crippen molar-refractivity contribution in [1.29, 1.82) is 0 Å². The Morgan fingerprint density at radius 2 is 2.21 bits per heavy atom. The number of ether oxygens (including phenoxy) is 1. The van der Waals surface area contributed by atoms with Gasteiger partial charge >= 0.3 is 0 Å². The maximum atomic E-state index is 12.3. The predicted octanol–water partition coefficient (Wildman–Crippen LogP) is 1.48. The van der Waals surface area contributed by atoms with E-state index in [4.69, 9.17) is 10.5 Å². The fraction of sp³-hybridized carbons (Fsp3) is 0.571. The van der Waals surface area contributed by atoms with Gasteiger partial charge in [-0.25, -0.2) is 4.98 Å². The fourth-order valence-electron chi connectivity index (χ4n) is 2.49. The van der Waals surface area contributed by atoms with E-state index >= 15 is 0 Å². The number of hydrogen-bond acceptors (Lipinski definition) is 4. The number of rotatable bonds is 3. The van der Waals surface area contributed by atoms with Gasteiger partial charge in [-0.2, -0.15) is 0 Å². The molecule has 104 valence electrons. The standard InChI is InChI=1S/C14H21N3O2/c1-19-14-10(6-5-9-16-14)13(18)17-12-8-4-2-3-7-11(12)15/h5-6,9,11-12H,2-4,7-8,15H2,1H3,(H,17,18). The molecule has 0 aliphatic heterocycles. The average molecular weight is 263 g/mol. The summed E-state index contributed by atoms with van der Waals surface area (Å²) in [5.74, 6) is 0.189. The van der Waals surface area contributed by atoms with Crippen LogP contribution < -0.4 is 15.8 Å². The molecule has 2 unspecified atom stereocenters. The minimum atomic E-state index is -0.160. The number of carbonyl (C=O) groups is 1. The zero-order chi connectivity index (χ0) is 13.7. The third-order valence-electron chi connectivity index (χ3n) is 3.60. The highest BCUT2D eigenvalue weighted by molar-refractivity contribution is 5.96. The zero-order valence-corrected chi connectivity index (χ0v) is 11.3. The van der Waals surface area contributed by atoms with Crippen molar-refractivity contribution < 1.29 is 9.53 Å². The van der Waals surface area contributed by atoms with Crippen molar-refractivity contribution in [3.05, 3.63) is 23.9 Å². The minimum Gasteiger partial charge on any atom is -0.480 e. The second-order valence-electron chi connectivity index (χ2n) is 4.94. The van der Waals surface area contributed by atoms with Crippen molar-refractivity contribution in [2.45, 2.75) is 44.2 Å². The maximum absolute atomic E-state index is 12.3. The lowest BCUT2D eigenvalue weighted by Gasteiger charge is -2.22. The van der Waals surface area contributed by atoms with Crippen molar-refractivity contribution in [1.82, 2.24) is 10.3 Å². The van der Waals surface area contributed by atoms with Gasteiger partial charge in [0.15, 0.2) is 0 Å². The quantitative estimate of drug-likeness (QED) is 0.810. The molecule has 1 aliphatic rings.